The lowest BCUT2D eigenvalue weighted by molar-refractivity contribution is -0.136. The van der Waals surface area contributed by atoms with Crippen LogP contribution in [-0.4, -0.2) is 33.5 Å². The summed E-state index contributed by atoms with van der Waals surface area (Å²) in [6, 6.07) is 8.10. The van der Waals surface area contributed by atoms with Gasteiger partial charge in [0.25, 0.3) is 5.91 Å². The Morgan fingerprint density at radius 3 is 2.83 bits per heavy atom. The summed E-state index contributed by atoms with van der Waals surface area (Å²) in [5.74, 6) is -0.592. The van der Waals surface area contributed by atoms with Crippen LogP contribution in [0.15, 0.2) is 36.7 Å². The zero-order valence-electron chi connectivity index (χ0n) is 12.2. The molecule has 0 saturated heterocycles. The Morgan fingerprint density at radius 2 is 2.09 bits per heavy atom. The Labute approximate surface area is 132 Å². The van der Waals surface area contributed by atoms with Crippen LogP contribution >= 0.6 is 0 Å². The van der Waals surface area contributed by atoms with E-state index in [1.54, 1.807) is 30.3 Å². The molecule has 0 bridgehead atoms. The average molecular weight is 316 g/mol. The second-order valence-electron chi connectivity index (χ2n) is 4.58. The summed E-state index contributed by atoms with van der Waals surface area (Å²) in [6.07, 6.45) is 1.21. The van der Waals surface area contributed by atoms with E-state index < -0.39 is 5.97 Å². The van der Waals surface area contributed by atoms with E-state index in [1.807, 2.05) is 0 Å². The van der Waals surface area contributed by atoms with E-state index in [9.17, 15) is 9.59 Å². The number of rotatable bonds is 7. The van der Waals surface area contributed by atoms with Gasteiger partial charge in [0.15, 0.2) is 0 Å². The molecule has 120 valence electrons. The number of hydrogen-bond donors (Lipinski definition) is 3. The van der Waals surface area contributed by atoms with E-state index in [0.717, 1.165) is 0 Å². The monoisotopic (exact) mass is 316 g/mol. The summed E-state index contributed by atoms with van der Waals surface area (Å²) in [5, 5.41) is 11.1. The van der Waals surface area contributed by atoms with E-state index in [4.69, 9.17) is 15.6 Å². The molecule has 2 rings (SSSR count). The van der Waals surface area contributed by atoms with Gasteiger partial charge in [-0.1, -0.05) is 6.07 Å². The van der Waals surface area contributed by atoms with Crippen LogP contribution in [0.2, 0.25) is 0 Å². The number of nitrogens with one attached hydrogen (secondary N) is 1. The van der Waals surface area contributed by atoms with Crippen molar-refractivity contribution in [3.05, 3.63) is 47.9 Å². The van der Waals surface area contributed by atoms with Crippen LogP contribution in [-0.2, 0) is 11.3 Å². The van der Waals surface area contributed by atoms with Gasteiger partial charge in [0.1, 0.15) is 12.1 Å². The number of aromatic nitrogens is 2. The molecule has 0 aliphatic carbocycles. The number of carboxylic acids is 1. The molecule has 2 aromatic rings. The summed E-state index contributed by atoms with van der Waals surface area (Å²) in [4.78, 5) is 30.3. The zero-order valence-corrected chi connectivity index (χ0v) is 12.2. The molecule has 0 radical (unpaired) electrons. The summed E-state index contributed by atoms with van der Waals surface area (Å²) in [5.41, 5.74) is 6.50. The van der Waals surface area contributed by atoms with Crippen LogP contribution in [0.5, 0.6) is 11.6 Å². The molecule has 23 heavy (non-hydrogen) atoms. The molecule has 0 unspecified atom stereocenters. The second-order valence-corrected chi connectivity index (χ2v) is 4.58. The number of hydrogen-bond acceptors (Lipinski definition) is 6. The Hall–Kier alpha value is -3.00. The number of aliphatic carboxylic acids is 1. The van der Waals surface area contributed by atoms with Crippen molar-refractivity contribution in [3.8, 4) is 11.6 Å². The second kappa shape index (κ2) is 7.85. The molecule has 0 fully saturated rings. The first-order valence-electron chi connectivity index (χ1n) is 6.87. The lowest BCUT2D eigenvalue weighted by atomic mass is 10.2. The van der Waals surface area contributed by atoms with Crippen LogP contribution in [0, 0.1) is 0 Å². The van der Waals surface area contributed by atoms with Crippen molar-refractivity contribution in [2.45, 2.75) is 13.0 Å². The van der Waals surface area contributed by atoms with Crippen LogP contribution in [0.3, 0.4) is 0 Å². The molecule has 1 aromatic carbocycles. The Morgan fingerprint density at radius 1 is 1.26 bits per heavy atom. The van der Waals surface area contributed by atoms with Gasteiger partial charge in [0, 0.05) is 24.7 Å². The largest absolute Gasteiger partial charge is 0.481 e. The van der Waals surface area contributed by atoms with Crippen LogP contribution in [0.25, 0.3) is 0 Å². The van der Waals surface area contributed by atoms with Crippen LogP contribution in [0.4, 0.5) is 0 Å². The number of nitrogens with two attached hydrogens (primary N) is 1. The first kappa shape index (κ1) is 16.4. The lowest BCUT2D eigenvalue weighted by Gasteiger charge is -2.08. The van der Waals surface area contributed by atoms with Crippen LogP contribution in [0.1, 0.15) is 22.5 Å². The average Bonchev–Trinajstić information content (AvgIpc) is 2.55. The van der Waals surface area contributed by atoms with Crippen molar-refractivity contribution in [1.29, 1.82) is 0 Å². The van der Waals surface area contributed by atoms with E-state index in [1.165, 1.54) is 6.33 Å². The maximum Gasteiger partial charge on any atom is 0.305 e. The first-order valence-corrected chi connectivity index (χ1v) is 6.87. The van der Waals surface area contributed by atoms with Crippen molar-refractivity contribution < 1.29 is 19.4 Å². The van der Waals surface area contributed by atoms with Gasteiger partial charge < -0.3 is 20.9 Å². The summed E-state index contributed by atoms with van der Waals surface area (Å²) in [6.45, 7) is 0.329. The van der Waals surface area contributed by atoms with Gasteiger partial charge in [-0.05, 0) is 18.2 Å². The molecule has 0 atom stereocenters. The van der Waals surface area contributed by atoms with Gasteiger partial charge in [-0.15, -0.1) is 0 Å². The van der Waals surface area contributed by atoms with E-state index in [2.05, 4.69) is 15.3 Å². The molecular formula is C15H16N4O4. The highest BCUT2D eigenvalue weighted by molar-refractivity contribution is 5.94. The van der Waals surface area contributed by atoms with Crippen molar-refractivity contribution >= 4 is 11.9 Å². The fraction of sp³-hybridized carbons (Fsp3) is 0.200. The predicted molar refractivity (Wildman–Crippen MR) is 81.0 cm³/mol. The standard InChI is InChI=1S/C15H16N4O4/c16-8-11-7-13(19-9-18-11)23-12-3-1-2-10(6-12)15(22)17-5-4-14(20)21/h1-3,6-7,9H,4-5,8,16H2,(H,17,22)(H,20,21). The van der Waals surface area contributed by atoms with Gasteiger partial charge in [-0.25, -0.2) is 9.97 Å². The summed E-state index contributed by atoms with van der Waals surface area (Å²) >= 11 is 0. The van der Waals surface area contributed by atoms with E-state index in [0.29, 0.717) is 22.9 Å². The van der Waals surface area contributed by atoms with Gasteiger partial charge in [0.2, 0.25) is 5.88 Å². The number of carbonyl (C=O) groups is 2. The Bertz CT molecular complexity index is 705. The first-order chi connectivity index (χ1) is 11.1. The quantitative estimate of drug-likeness (QED) is 0.693. The highest BCUT2D eigenvalue weighted by atomic mass is 16.5. The minimum absolute atomic E-state index is 0.0605. The van der Waals surface area contributed by atoms with Gasteiger partial charge in [0.05, 0.1) is 12.1 Å². The number of amides is 1. The molecule has 0 saturated carbocycles. The molecular weight excluding hydrogens is 300 g/mol. The SMILES string of the molecule is NCc1cc(Oc2cccc(C(=O)NCCC(=O)O)c2)ncn1. The topological polar surface area (TPSA) is 127 Å². The number of carbonyl (C=O) groups excluding carboxylic acids is 1. The molecule has 4 N–H and O–H groups in total. The van der Waals surface area contributed by atoms with Gasteiger partial charge >= 0.3 is 5.97 Å². The third-order valence-electron chi connectivity index (χ3n) is 2.85. The number of ether oxygens (including phenoxy) is 1. The molecule has 8 heteroatoms. The van der Waals surface area contributed by atoms with Crippen molar-refractivity contribution in [2.75, 3.05) is 6.54 Å². The van der Waals surface area contributed by atoms with Crippen LogP contribution < -0.4 is 15.8 Å². The van der Waals surface area contributed by atoms with Crippen molar-refractivity contribution in [1.82, 2.24) is 15.3 Å². The fourth-order valence-electron chi connectivity index (χ4n) is 1.75. The van der Waals surface area contributed by atoms with Crippen molar-refractivity contribution in [2.24, 2.45) is 5.73 Å². The van der Waals surface area contributed by atoms with Crippen molar-refractivity contribution in [3.63, 3.8) is 0 Å². The number of carboxylic acid groups (broad SMARTS) is 1. The fourth-order valence-corrected chi connectivity index (χ4v) is 1.75. The molecule has 8 nitrogen and oxygen atoms in total. The Balaban J connectivity index is 2.04. The molecule has 1 amide bonds. The zero-order chi connectivity index (χ0) is 16.7. The molecule has 1 heterocycles. The van der Waals surface area contributed by atoms with E-state index >= 15 is 0 Å². The minimum Gasteiger partial charge on any atom is -0.481 e. The highest BCUT2D eigenvalue weighted by Gasteiger charge is 2.08. The smallest absolute Gasteiger partial charge is 0.305 e. The maximum atomic E-state index is 11.9. The number of benzene rings is 1. The van der Waals surface area contributed by atoms with Gasteiger partial charge in [-0.2, -0.15) is 0 Å². The molecule has 0 spiro atoms. The predicted octanol–water partition coefficient (Wildman–Crippen LogP) is 0.932. The maximum absolute atomic E-state index is 11.9. The third-order valence-corrected chi connectivity index (χ3v) is 2.85. The molecule has 0 aliphatic rings. The summed E-state index contributed by atoms with van der Waals surface area (Å²) in [7, 11) is 0. The minimum atomic E-state index is -0.971. The highest BCUT2D eigenvalue weighted by Crippen LogP contribution is 2.20. The normalized spacial score (nSPS) is 10.1. The molecule has 1 aromatic heterocycles. The summed E-state index contributed by atoms with van der Waals surface area (Å²) < 4.78 is 5.57. The lowest BCUT2D eigenvalue weighted by Crippen LogP contribution is -2.25. The third kappa shape index (κ3) is 5.04. The number of nitrogens with zero attached hydrogens (tertiary/aromatic N) is 2. The van der Waals surface area contributed by atoms with Gasteiger partial charge in [-0.3, -0.25) is 9.59 Å². The van der Waals surface area contributed by atoms with E-state index in [-0.39, 0.29) is 25.4 Å². The Kier molecular flexibility index (Phi) is 5.59. The molecule has 0 aliphatic heterocycles.